The quantitative estimate of drug-likeness (QED) is 0.632. The molecule has 0 fully saturated rings. The predicted octanol–water partition coefficient (Wildman–Crippen LogP) is 4.21. The maximum Gasteiger partial charge on any atom is 0.327 e. The zero-order chi connectivity index (χ0) is 19.5. The smallest absolute Gasteiger partial charge is 0.327 e. The van der Waals surface area contributed by atoms with E-state index < -0.39 is 16.0 Å². The molecule has 140 valence electrons. The summed E-state index contributed by atoms with van der Waals surface area (Å²) in [4.78, 5) is 12.3. The summed E-state index contributed by atoms with van der Waals surface area (Å²) in [5.41, 5.74) is 2.13. The van der Waals surface area contributed by atoms with Gasteiger partial charge in [-0.05, 0) is 69.2 Å². The number of carbonyl (C=O) groups excluding carboxylic acids is 1. The van der Waals surface area contributed by atoms with Crippen LogP contribution in [0.2, 0.25) is 0 Å². The zero-order valence-corrected chi connectivity index (χ0v) is 17.6. The first kappa shape index (κ1) is 20.5. The van der Waals surface area contributed by atoms with E-state index in [0.717, 1.165) is 19.9 Å². The van der Waals surface area contributed by atoms with Gasteiger partial charge in [-0.25, -0.2) is 8.42 Å². The number of halogens is 1. The normalized spacial score (nSPS) is 11.5. The first-order valence-electron chi connectivity index (χ1n) is 8.16. The van der Waals surface area contributed by atoms with Gasteiger partial charge in [-0.2, -0.15) is 0 Å². The summed E-state index contributed by atoms with van der Waals surface area (Å²) in [7, 11) is -3.93. The molecular formula is C19H22BrNO4S. The van der Waals surface area contributed by atoms with E-state index in [0.29, 0.717) is 5.69 Å². The van der Waals surface area contributed by atoms with Gasteiger partial charge in [0.1, 0.15) is 6.54 Å². The van der Waals surface area contributed by atoms with Gasteiger partial charge in [-0.15, -0.1) is 0 Å². The van der Waals surface area contributed by atoms with Crippen LogP contribution in [0.3, 0.4) is 0 Å². The van der Waals surface area contributed by atoms with Crippen molar-refractivity contribution in [3.63, 3.8) is 0 Å². The van der Waals surface area contributed by atoms with Gasteiger partial charge in [0, 0.05) is 4.47 Å². The molecule has 0 aliphatic carbocycles. The highest BCUT2D eigenvalue weighted by atomic mass is 79.9. The molecule has 0 amide bonds. The highest BCUT2D eigenvalue weighted by Crippen LogP contribution is 2.28. The van der Waals surface area contributed by atoms with Crippen LogP contribution in [0.1, 0.15) is 25.0 Å². The molecule has 0 saturated carbocycles. The fourth-order valence-corrected chi connectivity index (χ4v) is 4.17. The van der Waals surface area contributed by atoms with Gasteiger partial charge in [0.15, 0.2) is 0 Å². The molecule has 0 saturated heterocycles. The molecule has 0 radical (unpaired) electrons. The average Bonchev–Trinajstić information content (AvgIpc) is 2.54. The van der Waals surface area contributed by atoms with Crippen molar-refractivity contribution < 1.29 is 17.9 Å². The van der Waals surface area contributed by atoms with E-state index in [9.17, 15) is 13.2 Å². The van der Waals surface area contributed by atoms with Crippen LogP contribution in [0, 0.1) is 13.8 Å². The lowest BCUT2D eigenvalue weighted by Gasteiger charge is -2.26. The lowest BCUT2D eigenvalue weighted by molar-refractivity contribution is -0.145. The number of esters is 1. The lowest BCUT2D eigenvalue weighted by atomic mass is 10.1. The van der Waals surface area contributed by atoms with Gasteiger partial charge in [0.05, 0.1) is 16.7 Å². The summed E-state index contributed by atoms with van der Waals surface area (Å²) < 4.78 is 33.5. The third kappa shape index (κ3) is 4.86. The van der Waals surface area contributed by atoms with Gasteiger partial charge in [-0.1, -0.05) is 28.1 Å². The minimum absolute atomic E-state index is 0.110. The van der Waals surface area contributed by atoms with Crippen LogP contribution in [0.4, 0.5) is 5.69 Å². The SMILES string of the molecule is Cc1ccc(C)c(N(CC(=O)OC(C)C)S(=O)(=O)c2ccc(Br)cc2)c1. The van der Waals surface area contributed by atoms with Crippen LogP contribution in [-0.2, 0) is 19.6 Å². The molecule has 2 aromatic carbocycles. The Morgan fingerprint density at radius 2 is 1.73 bits per heavy atom. The molecule has 0 aliphatic heterocycles. The van der Waals surface area contributed by atoms with Crippen LogP contribution >= 0.6 is 15.9 Å². The summed E-state index contributed by atoms with van der Waals surface area (Å²) >= 11 is 3.30. The second-order valence-corrected chi connectivity index (χ2v) is 9.07. The van der Waals surface area contributed by atoms with Crippen molar-refractivity contribution in [3.8, 4) is 0 Å². The van der Waals surface area contributed by atoms with Crippen molar-refractivity contribution >= 4 is 37.6 Å². The average molecular weight is 440 g/mol. The number of benzene rings is 2. The number of hydrogen-bond acceptors (Lipinski definition) is 4. The minimum atomic E-state index is -3.93. The highest BCUT2D eigenvalue weighted by molar-refractivity contribution is 9.10. The molecule has 0 atom stereocenters. The van der Waals surface area contributed by atoms with Crippen molar-refractivity contribution in [1.29, 1.82) is 0 Å². The predicted molar refractivity (Wildman–Crippen MR) is 106 cm³/mol. The Bertz CT molecular complexity index is 892. The maximum atomic E-state index is 13.2. The van der Waals surface area contributed by atoms with Gasteiger partial charge < -0.3 is 4.74 Å². The summed E-state index contributed by atoms with van der Waals surface area (Å²) in [6, 6.07) is 11.8. The number of hydrogen-bond donors (Lipinski definition) is 0. The largest absolute Gasteiger partial charge is 0.462 e. The molecule has 2 rings (SSSR count). The van der Waals surface area contributed by atoms with E-state index in [1.165, 1.54) is 12.1 Å². The molecule has 0 unspecified atom stereocenters. The number of carbonyl (C=O) groups is 1. The number of rotatable bonds is 6. The van der Waals surface area contributed by atoms with Crippen molar-refractivity contribution in [1.82, 2.24) is 0 Å². The van der Waals surface area contributed by atoms with Crippen molar-refractivity contribution in [2.24, 2.45) is 0 Å². The molecular weight excluding hydrogens is 418 g/mol. The Kier molecular flexibility index (Phi) is 6.47. The highest BCUT2D eigenvalue weighted by Gasteiger charge is 2.29. The van der Waals surface area contributed by atoms with Crippen molar-refractivity contribution in [3.05, 3.63) is 58.1 Å². The lowest BCUT2D eigenvalue weighted by Crippen LogP contribution is -2.37. The number of ether oxygens (including phenoxy) is 1. The maximum absolute atomic E-state index is 13.2. The van der Waals surface area contributed by atoms with E-state index in [4.69, 9.17) is 4.74 Å². The number of anilines is 1. The molecule has 2 aromatic rings. The summed E-state index contributed by atoms with van der Waals surface area (Å²) in [5, 5.41) is 0. The number of aryl methyl sites for hydroxylation is 2. The Labute approximate surface area is 163 Å². The molecule has 26 heavy (non-hydrogen) atoms. The number of nitrogens with zero attached hydrogens (tertiary/aromatic N) is 1. The van der Waals surface area contributed by atoms with E-state index in [-0.39, 0.29) is 17.5 Å². The third-order valence-electron chi connectivity index (χ3n) is 3.67. The van der Waals surface area contributed by atoms with E-state index in [1.807, 2.05) is 26.0 Å². The Balaban J connectivity index is 2.54. The molecule has 0 heterocycles. The first-order valence-corrected chi connectivity index (χ1v) is 10.4. The Hall–Kier alpha value is -1.86. The number of sulfonamides is 1. The van der Waals surface area contributed by atoms with Crippen LogP contribution in [0.5, 0.6) is 0 Å². The van der Waals surface area contributed by atoms with Crippen LogP contribution < -0.4 is 4.31 Å². The fraction of sp³-hybridized carbons (Fsp3) is 0.316. The molecule has 7 heteroatoms. The summed E-state index contributed by atoms with van der Waals surface area (Å²) in [6.45, 7) is 6.75. The van der Waals surface area contributed by atoms with E-state index >= 15 is 0 Å². The molecule has 0 bridgehead atoms. The van der Waals surface area contributed by atoms with Crippen LogP contribution in [0.25, 0.3) is 0 Å². The topological polar surface area (TPSA) is 63.7 Å². The summed E-state index contributed by atoms with van der Waals surface area (Å²) in [5.74, 6) is -0.596. The monoisotopic (exact) mass is 439 g/mol. The molecule has 0 aliphatic rings. The Morgan fingerprint density at radius 1 is 1.12 bits per heavy atom. The van der Waals surface area contributed by atoms with E-state index in [2.05, 4.69) is 15.9 Å². The van der Waals surface area contributed by atoms with Gasteiger partial charge in [-0.3, -0.25) is 9.10 Å². The molecule has 5 nitrogen and oxygen atoms in total. The molecule has 0 N–H and O–H groups in total. The fourth-order valence-electron chi connectivity index (χ4n) is 2.44. The van der Waals surface area contributed by atoms with Crippen molar-refractivity contribution in [2.75, 3.05) is 10.8 Å². The second kappa shape index (κ2) is 8.22. The zero-order valence-electron chi connectivity index (χ0n) is 15.2. The standard InChI is InChI=1S/C19H22BrNO4S/c1-13(2)25-19(22)12-21(18-11-14(3)5-6-15(18)4)26(23,24)17-9-7-16(20)8-10-17/h5-11,13H,12H2,1-4H3. The molecule has 0 spiro atoms. The first-order chi connectivity index (χ1) is 12.1. The second-order valence-electron chi connectivity index (χ2n) is 6.29. The van der Waals surface area contributed by atoms with Gasteiger partial charge >= 0.3 is 5.97 Å². The Morgan fingerprint density at radius 3 is 2.31 bits per heavy atom. The summed E-state index contributed by atoms with van der Waals surface area (Å²) in [6.07, 6.45) is -0.321. The third-order valence-corrected chi connectivity index (χ3v) is 5.98. The minimum Gasteiger partial charge on any atom is -0.462 e. The van der Waals surface area contributed by atoms with Crippen LogP contribution in [0.15, 0.2) is 51.8 Å². The van der Waals surface area contributed by atoms with Crippen molar-refractivity contribution in [2.45, 2.75) is 38.7 Å². The van der Waals surface area contributed by atoms with Gasteiger partial charge in [0.2, 0.25) is 0 Å². The van der Waals surface area contributed by atoms with Crippen LogP contribution in [-0.4, -0.2) is 27.0 Å². The molecule has 0 aromatic heterocycles. The van der Waals surface area contributed by atoms with Gasteiger partial charge in [0.25, 0.3) is 10.0 Å². The van der Waals surface area contributed by atoms with E-state index in [1.54, 1.807) is 32.0 Å².